The Labute approximate surface area is 166 Å². The molecule has 0 unspecified atom stereocenters. The number of hydrogen-bond donors (Lipinski definition) is 1. The molecule has 1 atom stereocenters. The van der Waals surface area contributed by atoms with E-state index in [4.69, 9.17) is 4.74 Å². The van der Waals surface area contributed by atoms with Crippen molar-refractivity contribution in [2.75, 3.05) is 10.6 Å². The van der Waals surface area contributed by atoms with Crippen LogP contribution in [0.1, 0.15) is 32.6 Å². The van der Waals surface area contributed by atoms with Crippen molar-refractivity contribution in [3.63, 3.8) is 0 Å². The lowest BCUT2D eigenvalue weighted by molar-refractivity contribution is -0.122. The van der Waals surface area contributed by atoms with Crippen molar-refractivity contribution < 1.29 is 17.9 Å². The average molecular weight is 403 g/mol. The quantitative estimate of drug-likeness (QED) is 0.766. The first kappa shape index (κ1) is 20.2. The number of amides is 1. The third-order valence-electron chi connectivity index (χ3n) is 4.86. The van der Waals surface area contributed by atoms with Crippen LogP contribution in [0.25, 0.3) is 0 Å². The minimum Gasteiger partial charge on any atom is -0.457 e. The van der Waals surface area contributed by atoms with Crippen molar-refractivity contribution in [1.82, 2.24) is 5.32 Å². The predicted molar refractivity (Wildman–Crippen MR) is 110 cm³/mol. The Hall–Kier alpha value is -2.54. The molecule has 7 heteroatoms. The zero-order chi connectivity index (χ0) is 20.1. The molecule has 1 amide bonds. The molecule has 1 fully saturated rings. The summed E-state index contributed by atoms with van der Waals surface area (Å²) in [6, 6.07) is 15.3. The van der Waals surface area contributed by atoms with Crippen molar-refractivity contribution in [2.24, 2.45) is 0 Å². The molecule has 0 radical (unpaired) electrons. The summed E-state index contributed by atoms with van der Waals surface area (Å²) in [6.07, 6.45) is 5.20. The molecule has 150 valence electrons. The van der Waals surface area contributed by atoms with Crippen LogP contribution in [-0.2, 0) is 14.8 Å². The number of para-hydroxylation sites is 1. The third kappa shape index (κ3) is 5.04. The van der Waals surface area contributed by atoms with Gasteiger partial charge in [0.25, 0.3) is 0 Å². The molecule has 2 aromatic rings. The minimum atomic E-state index is -3.64. The summed E-state index contributed by atoms with van der Waals surface area (Å²) in [7, 11) is -3.64. The number of nitrogens with zero attached hydrogens (tertiary/aromatic N) is 1. The zero-order valence-electron chi connectivity index (χ0n) is 16.2. The first-order valence-corrected chi connectivity index (χ1v) is 11.3. The molecule has 1 aliphatic carbocycles. The highest BCUT2D eigenvalue weighted by Gasteiger charge is 2.30. The van der Waals surface area contributed by atoms with Crippen molar-refractivity contribution >= 4 is 21.6 Å². The van der Waals surface area contributed by atoms with Gasteiger partial charge in [-0.25, -0.2) is 8.42 Å². The number of anilines is 1. The van der Waals surface area contributed by atoms with Gasteiger partial charge in [-0.05, 0) is 56.2 Å². The summed E-state index contributed by atoms with van der Waals surface area (Å²) < 4.78 is 31.7. The highest BCUT2D eigenvalue weighted by atomic mass is 32.2. The maximum Gasteiger partial charge on any atom is 0.243 e. The second-order valence-electron chi connectivity index (χ2n) is 7.13. The highest BCUT2D eigenvalue weighted by molar-refractivity contribution is 7.92. The van der Waals surface area contributed by atoms with Gasteiger partial charge in [0.05, 0.1) is 11.9 Å². The summed E-state index contributed by atoms with van der Waals surface area (Å²) in [5.41, 5.74) is 0.428. The standard InChI is InChI=1S/C21H26N2O4S/c1-16(21(24)22-17-8-6-7-9-17)23(28(2,25)26)18-12-14-20(15-13-18)27-19-10-4-3-5-11-19/h3-5,10-17H,6-9H2,1-2H3,(H,22,24)/t16-/m0/s1. The predicted octanol–water partition coefficient (Wildman–Crippen LogP) is 3.69. The van der Waals surface area contributed by atoms with Gasteiger partial charge in [-0.15, -0.1) is 0 Å². The molecule has 6 nitrogen and oxygen atoms in total. The van der Waals surface area contributed by atoms with Crippen LogP contribution in [-0.4, -0.2) is 32.7 Å². The maximum atomic E-state index is 12.6. The number of carbonyl (C=O) groups is 1. The van der Waals surface area contributed by atoms with E-state index in [0.717, 1.165) is 36.2 Å². The van der Waals surface area contributed by atoms with Crippen LogP contribution in [0.5, 0.6) is 11.5 Å². The molecular weight excluding hydrogens is 376 g/mol. The van der Waals surface area contributed by atoms with Crippen molar-refractivity contribution in [2.45, 2.75) is 44.7 Å². The lowest BCUT2D eigenvalue weighted by Gasteiger charge is -2.29. The molecule has 2 aromatic carbocycles. The van der Waals surface area contributed by atoms with Gasteiger partial charge in [0.15, 0.2) is 0 Å². The number of rotatable bonds is 7. The van der Waals surface area contributed by atoms with E-state index in [1.54, 1.807) is 31.2 Å². The van der Waals surface area contributed by atoms with E-state index in [-0.39, 0.29) is 11.9 Å². The van der Waals surface area contributed by atoms with Gasteiger partial charge in [-0.1, -0.05) is 31.0 Å². The van der Waals surface area contributed by atoms with Crippen LogP contribution in [0.4, 0.5) is 5.69 Å². The summed E-state index contributed by atoms with van der Waals surface area (Å²) in [6.45, 7) is 1.61. The Morgan fingerprint density at radius 2 is 1.61 bits per heavy atom. The lowest BCUT2D eigenvalue weighted by Crippen LogP contribution is -2.49. The number of ether oxygens (including phenoxy) is 1. The lowest BCUT2D eigenvalue weighted by atomic mass is 10.2. The number of hydrogen-bond acceptors (Lipinski definition) is 4. The Morgan fingerprint density at radius 3 is 2.18 bits per heavy atom. The fourth-order valence-electron chi connectivity index (χ4n) is 3.49. The van der Waals surface area contributed by atoms with E-state index >= 15 is 0 Å². The SMILES string of the molecule is C[C@@H](C(=O)NC1CCCC1)N(c1ccc(Oc2ccccc2)cc1)S(C)(=O)=O. The largest absolute Gasteiger partial charge is 0.457 e. The van der Waals surface area contributed by atoms with E-state index < -0.39 is 16.1 Å². The number of nitrogens with one attached hydrogen (secondary N) is 1. The van der Waals surface area contributed by atoms with Crippen LogP contribution in [0.3, 0.4) is 0 Å². The van der Waals surface area contributed by atoms with Crippen LogP contribution in [0.2, 0.25) is 0 Å². The van der Waals surface area contributed by atoms with Gasteiger partial charge in [0, 0.05) is 6.04 Å². The Bertz CT molecular complexity index is 892. The first-order chi connectivity index (χ1) is 13.3. The Balaban J connectivity index is 1.76. The molecule has 0 heterocycles. The minimum absolute atomic E-state index is 0.137. The van der Waals surface area contributed by atoms with Crippen molar-refractivity contribution in [3.05, 3.63) is 54.6 Å². The zero-order valence-corrected chi connectivity index (χ0v) is 17.0. The molecule has 0 spiro atoms. The van der Waals surface area contributed by atoms with E-state index in [1.165, 1.54) is 0 Å². The molecule has 28 heavy (non-hydrogen) atoms. The second-order valence-corrected chi connectivity index (χ2v) is 8.99. The maximum absolute atomic E-state index is 12.6. The van der Waals surface area contributed by atoms with Crippen LogP contribution < -0.4 is 14.4 Å². The summed E-state index contributed by atoms with van der Waals surface area (Å²) >= 11 is 0. The van der Waals surface area contributed by atoms with Gasteiger partial charge in [0.1, 0.15) is 17.5 Å². The fourth-order valence-corrected chi connectivity index (χ4v) is 4.66. The van der Waals surface area contributed by atoms with Gasteiger partial charge >= 0.3 is 0 Å². The summed E-state index contributed by atoms with van der Waals surface area (Å²) in [5.74, 6) is 1.01. The van der Waals surface area contributed by atoms with Crippen molar-refractivity contribution in [1.29, 1.82) is 0 Å². The summed E-state index contributed by atoms with van der Waals surface area (Å²) in [4.78, 5) is 12.6. The molecular formula is C21H26N2O4S. The first-order valence-electron chi connectivity index (χ1n) is 9.47. The topological polar surface area (TPSA) is 75.7 Å². The Morgan fingerprint density at radius 1 is 1.04 bits per heavy atom. The van der Waals surface area contributed by atoms with Crippen molar-refractivity contribution in [3.8, 4) is 11.5 Å². The molecule has 1 saturated carbocycles. The van der Waals surface area contributed by atoms with E-state index in [0.29, 0.717) is 17.2 Å². The van der Waals surface area contributed by atoms with E-state index in [1.807, 2.05) is 30.3 Å². The molecule has 0 aliphatic heterocycles. The fraction of sp³-hybridized carbons (Fsp3) is 0.381. The molecule has 3 rings (SSSR count). The highest BCUT2D eigenvalue weighted by Crippen LogP contribution is 2.27. The van der Waals surface area contributed by atoms with E-state index in [2.05, 4.69) is 5.32 Å². The van der Waals surface area contributed by atoms with Crippen LogP contribution in [0.15, 0.2) is 54.6 Å². The van der Waals surface area contributed by atoms with E-state index in [9.17, 15) is 13.2 Å². The second kappa shape index (κ2) is 8.65. The normalized spacial score (nSPS) is 15.8. The number of sulfonamides is 1. The molecule has 1 aliphatic rings. The number of carbonyl (C=O) groups excluding carboxylic acids is 1. The Kier molecular flexibility index (Phi) is 6.24. The van der Waals surface area contributed by atoms with Crippen LogP contribution >= 0.6 is 0 Å². The van der Waals surface area contributed by atoms with Gasteiger partial charge < -0.3 is 10.1 Å². The molecule has 1 N–H and O–H groups in total. The molecule has 0 saturated heterocycles. The third-order valence-corrected chi connectivity index (χ3v) is 6.10. The average Bonchev–Trinajstić information content (AvgIpc) is 3.16. The monoisotopic (exact) mass is 402 g/mol. The summed E-state index contributed by atoms with van der Waals surface area (Å²) in [5, 5.41) is 2.98. The van der Waals surface area contributed by atoms with Gasteiger partial charge in [-0.2, -0.15) is 0 Å². The molecule has 0 bridgehead atoms. The van der Waals surface area contributed by atoms with Gasteiger partial charge in [-0.3, -0.25) is 9.10 Å². The van der Waals surface area contributed by atoms with Crippen LogP contribution in [0, 0.1) is 0 Å². The van der Waals surface area contributed by atoms with Gasteiger partial charge in [0.2, 0.25) is 15.9 Å². The smallest absolute Gasteiger partial charge is 0.243 e. The molecule has 0 aromatic heterocycles. The number of benzene rings is 2.